The Morgan fingerprint density at radius 1 is 1.19 bits per heavy atom. The predicted octanol–water partition coefficient (Wildman–Crippen LogP) is 3.27. The third kappa shape index (κ3) is 4.74. The van der Waals surface area contributed by atoms with E-state index < -0.39 is 51.4 Å². The molecule has 2 aliphatic rings. The molecule has 172 valence electrons. The second-order valence-electron chi connectivity index (χ2n) is 7.55. The number of nitrogens with zero attached hydrogens (tertiary/aromatic N) is 3. The van der Waals surface area contributed by atoms with Crippen molar-refractivity contribution in [1.29, 1.82) is 0 Å². The molecule has 2 aliphatic heterocycles. The van der Waals surface area contributed by atoms with Crippen molar-refractivity contribution in [3.8, 4) is 11.1 Å². The van der Waals surface area contributed by atoms with Crippen LogP contribution < -0.4 is 4.72 Å². The number of halogens is 5. The quantitative estimate of drug-likeness (QED) is 0.606. The van der Waals surface area contributed by atoms with E-state index in [4.69, 9.17) is 4.84 Å². The molecule has 0 bridgehead atoms. The number of sulfonamides is 1. The van der Waals surface area contributed by atoms with Crippen molar-refractivity contribution in [2.24, 2.45) is 5.16 Å². The summed E-state index contributed by atoms with van der Waals surface area (Å²) in [6, 6.07) is 1.64. The first-order valence-corrected chi connectivity index (χ1v) is 12.1. The second kappa shape index (κ2) is 8.60. The molecule has 0 radical (unpaired) electrons. The minimum absolute atomic E-state index is 0.0466. The molecule has 0 spiro atoms. The van der Waals surface area contributed by atoms with E-state index in [9.17, 15) is 26.0 Å². The van der Waals surface area contributed by atoms with Gasteiger partial charge < -0.3 is 9.74 Å². The second-order valence-corrected chi connectivity index (χ2v) is 10.2. The summed E-state index contributed by atoms with van der Waals surface area (Å²) in [4.78, 5) is 11.2. The summed E-state index contributed by atoms with van der Waals surface area (Å²) in [5, 5.41) is 3.96. The Bertz CT molecular complexity index is 1170. The highest BCUT2D eigenvalue weighted by molar-refractivity contribution is 9.10. The summed E-state index contributed by atoms with van der Waals surface area (Å²) < 4.78 is 82.1. The number of oxime groups is 1. The summed E-state index contributed by atoms with van der Waals surface area (Å²) in [7, 11) is -3.59. The number of nitrogens with one attached hydrogen (secondary N) is 1. The highest BCUT2D eigenvalue weighted by Crippen LogP contribution is 2.38. The van der Waals surface area contributed by atoms with Gasteiger partial charge in [0.2, 0.25) is 10.0 Å². The van der Waals surface area contributed by atoms with Gasteiger partial charge in [0.05, 0.1) is 36.5 Å². The Kier molecular flexibility index (Phi) is 6.16. The fraction of sp³-hybridized carbons (Fsp3) is 0.368. The molecule has 1 unspecified atom stereocenters. The van der Waals surface area contributed by atoms with Gasteiger partial charge in [-0.3, -0.25) is 4.98 Å². The number of benzene rings is 1. The van der Waals surface area contributed by atoms with Crippen LogP contribution in [0.25, 0.3) is 11.1 Å². The first-order valence-electron chi connectivity index (χ1n) is 9.41. The summed E-state index contributed by atoms with van der Waals surface area (Å²) in [5.41, 5.74) is -0.245. The molecule has 4 rings (SSSR count). The van der Waals surface area contributed by atoms with E-state index in [0.717, 1.165) is 6.26 Å². The summed E-state index contributed by atoms with van der Waals surface area (Å²) >= 11 is 3.21. The third-order valence-electron chi connectivity index (χ3n) is 5.10. The molecule has 13 heteroatoms. The van der Waals surface area contributed by atoms with Crippen LogP contribution in [-0.2, 0) is 14.9 Å². The number of likely N-dealkylation sites (tertiary alicyclic amines) is 1. The average Bonchev–Trinajstić information content (AvgIpc) is 3.27. The monoisotopic (exact) mass is 536 g/mol. The number of hydrogen-bond donors (Lipinski definition) is 1. The fourth-order valence-corrected chi connectivity index (χ4v) is 4.87. The molecule has 1 fully saturated rings. The molecule has 1 aromatic heterocycles. The van der Waals surface area contributed by atoms with Gasteiger partial charge in [0, 0.05) is 34.9 Å². The molecule has 3 atom stereocenters. The van der Waals surface area contributed by atoms with Crippen LogP contribution in [0.3, 0.4) is 0 Å². The van der Waals surface area contributed by atoms with Crippen LogP contribution in [-0.4, -0.2) is 55.7 Å². The zero-order valence-electron chi connectivity index (χ0n) is 16.5. The molecule has 7 nitrogen and oxygen atoms in total. The number of amidine groups is 1. The Balaban J connectivity index is 1.58. The van der Waals surface area contributed by atoms with Gasteiger partial charge in [0.1, 0.15) is 29.5 Å². The molecule has 0 saturated carbocycles. The summed E-state index contributed by atoms with van der Waals surface area (Å²) in [6.07, 6.45) is 0.194. The van der Waals surface area contributed by atoms with E-state index in [1.165, 1.54) is 12.3 Å². The molecule has 2 aromatic rings. The zero-order valence-corrected chi connectivity index (χ0v) is 18.9. The van der Waals surface area contributed by atoms with Gasteiger partial charge in [-0.25, -0.2) is 30.7 Å². The van der Waals surface area contributed by atoms with E-state index in [1.54, 1.807) is 4.90 Å². The van der Waals surface area contributed by atoms with Gasteiger partial charge in [-0.1, -0.05) is 5.16 Å². The lowest BCUT2D eigenvalue weighted by atomic mass is 9.98. The molecule has 32 heavy (non-hydrogen) atoms. The maximum Gasteiger partial charge on any atom is 0.209 e. The van der Waals surface area contributed by atoms with E-state index in [2.05, 4.69) is 30.8 Å². The number of rotatable bonds is 4. The van der Waals surface area contributed by atoms with Crippen LogP contribution in [0.2, 0.25) is 0 Å². The third-order valence-corrected chi connectivity index (χ3v) is 6.26. The topological polar surface area (TPSA) is 83.9 Å². The Morgan fingerprint density at radius 3 is 2.53 bits per heavy atom. The number of pyridine rings is 1. The van der Waals surface area contributed by atoms with E-state index in [-0.39, 0.29) is 30.8 Å². The van der Waals surface area contributed by atoms with Gasteiger partial charge in [-0.15, -0.1) is 0 Å². The lowest BCUT2D eigenvalue weighted by Gasteiger charge is -2.18. The number of alkyl halides is 1. The van der Waals surface area contributed by atoms with E-state index in [1.807, 2.05) is 0 Å². The van der Waals surface area contributed by atoms with E-state index >= 15 is 0 Å². The summed E-state index contributed by atoms with van der Waals surface area (Å²) in [6.45, 7) is -0.0467. The first kappa shape index (κ1) is 22.9. The van der Waals surface area contributed by atoms with Crippen molar-refractivity contribution >= 4 is 31.8 Å². The smallest absolute Gasteiger partial charge is 0.209 e. The van der Waals surface area contributed by atoms with Gasteiger partial charge in [-0.2, -0.15) is 0 Å². The average molecular weight is 537 g/mol. The molecule has 0 aliphatic carbocycles. The molecule has 0 amide bonds. The lowest BCUT2D eigenvalue weighted by molar-refractivity contribution is 0.0828. The highest BCUT2D eigenvalue weighted by Gasteiger charge is 2.39. The van der Waals surface area contributed by atoms with Crippen molar-refractivity contribution in [2.75, 3.05) is 19.3 Å². The largest absolute Gasteiger partial charge is 0.384 e. The standard InChI is InChI=1S/C19H17BrF4N4O3S/c1-32(29,30)27-15-8-28(7-14(15)24)17-5-16(31-26-17)19-11(2-9(20)6-25-19)18-12(22)3-10(21)4-13(18)23/h2-4,6,14-16,27H,5,7-8H2,1H3/t14-,15+,16?/m0/s1. The first-order chi connectivity index (χ1) is 15.0. The molecule has 1 aromatic carbocycles. The lowest BCUT2D eigenvalue weighted by Crippen LogP contribution is -2.41. The maximum absolute atomic E-state index is 14.4. The SMILES string of the molecule is CS(=O)(=O)N[C@@H]1CN(C2=NOC(c3ncc(Br)cc3-c3c(F)cc(F)cc3F)C2)C[C@@H]1F. The maximum atomic E-state index is 14.4. The fourth-order valence-electron chi connectivity index (χ4n) is 3.77. The Morgan fingerprint density at radius 2 is 1.88 bits per heavy atom. The number of hydrogen-bond acceptors (Lipinski definition) is 6. The number of aromatic nitrogens is 1. The van der Waals surface area contributed by atoms with Crippen LogP contribution in [0, 0.1) is 17.5 Å². The van der Waals surface area contributed by atoms with Gasteiger partial charge in [0.15, 0.2) is 6.10 Å². The van der Waals surface area contributed by atoms with Crippen LogP contribution in [0.5, 0.6) is 0 Å². The zero-order chi connectivity index (χ0) is 23.2. The van der Waals surface area contributed by atoms with Crippen LogP contribution in [0.1, 0.15) is 18.2 Å². The van der Waals surface area contributed by atoms with Gasteiger partial charge in [0.25, 0.3) is 0 Å². The minimum Gasteiger partial charge on any atom is -0.384 e. The van der Waals surface area contributed by atoms with Crippen molar-refractivity contribution in [1.82, 2.24) is 14.6 Å². The molecule has 1 N–H and O–H groups in total. The van der Waals surface area contributed by atoms with Crippen molar-refractivity contribution in [3.63, 3.8) is 0 Å². The van der Waals surface area contributed by atoms with Crippen molar-refractivity contribution < 1.29 is 30.8 Å². The Hall–Kier alpha value is -2.25. The Labute approximate surface area is 189 Å². The van der Waals surface area contributed by atoms with Crippen molar-refractivity contribution in [2.45, 2.75) is 24.7 Å². The molecular weight excluding hydrogens is 520 g/mol. The van der Waals surface area contributed by atoms with Crippen LogP contribution >= 0.6 is 15.9 Å². The summed E-state index contributed by atoms with van der Waals surface area (Å²) in [5.74, 6) is -2.90. The highest BCUT2D eigenvalue weighted by atomic mass is 79.9. The minimum atomic E-state index is -3.59. The predicted molar refractivity (Wildman–Crippen MR) is 111 cm³/mol. The van der Waals surface area contributed by atoms with Crippen LogP contribution in [0.4, 0.5) is 17.6 Å². The van der Waals surface area contributed by atoms with Gasteiger partial charge in [-0.05, 0) is 22.0 Å². The normalized spacial score (nSPS) is 23.4. The van der Waals surface area contributed by atoms with Crippen molar-refractivity contribution in [3.05, 3.63) is 52.0 Å². The molecule has 3 heterocycles. The van der Waals surface area contributed by atoms with Gasteiger partial charge >= 0.3 is 0 Å². The van der Waals surface area contributed by atoms with Crippen LogP contribution in [0.15, 0.2) is 34.0 Å². The van der Waals surface area contributed by atoms with E-state index in [0.29, 0.717) is 22.4 Å². The molecular formula is C19H17BrF4N4O3S. The molecule has 1 saturated heterocycles.